The summed E-state index contributed by atoms with van der Waals surface area (Å²) >= 11 is 1.20. The fourth-order valence-electron chi connectivity index (χ4n) is 3.71. The Labute approximate surface area is 222 Å². The number of Topliss-reactive ketones (excluding diaryl/α,β-unsaturated/α-hetero) is 1. The van der Waals surface area contributed by atoms with E-state index in [1.54, 1.807) is 19.2 Å². The third kappa shape index (κ3) is 5.39. The van der Waals surface area contributed by atoms with E-state index in [4.69, 9.17) is 18.9 Å². The van der Waals surface area contributed by atoms with E-state index >= 15 is 0 Å². The predicted octanol–water partition coefficient (Wildman–Crippen LogP) is 4.85. The summed E-state index contributed by atoms with van der Waals surface area (Å²) in [4.78, 5) is 23.2. The minimum absolute atomic E-state index is 0.0430. The van der Waals surface area contributed by atoms with Crippen molar-refractivity contribution in [3.8, 4) is 40.1 Å². The maximum absolute atomic E-state index is 12.8. The van der Waals surface area contributed by atoms with Gasteiger partial charge in [0.1, 0.15) is 5.75 Å². The molecule has 0 aliphatic heterocycles. The number of nitrogens with zero attached hydrogens (tertiary/aromatic N) is 4. The van der Waals surface area contributed by atoms with Gasteiger partial charge in [0, 0.05) is 28.9 Å². The minimum Gasteiger partial charge on any atom is -0.497 e. The number of non-ortho nitro benzene ring substituents is 1. The number of ketones is 1. The van der Waals surface area contributed by atoms with Crippen molar-refractivity contribution in [2.24, 2.45) is 0 Å². The number of ether oxygens (including phenoxy) is 4. The quantitative estimate of drug-likeness (QED) is 0.114. The molecule has 3 aromatic carbocycles. The molecule has 0 radical (unpaired) electrons. The van der Waals surface area contributed by atoms with E-state index in [1.807, 2.05) is 28.8 Å². The Balaban J connectivity index is 1.73. The summed E-state index contributed by atoms with van der Waals surface area (Å²) in [5.74, 6) is 2.35. The van der Waals surface area contributed by atoms with Crippen LogP contribution >= 0.6 is 11.8 Å². The number of nitro groups is 1. The molecule has 0 atom stereocenters. The highest BCUT2D eigenvalue weighted by atomic mass is 32.2. The summed E-state index contributed by atoms with van der Waals surface area (Å²) < 4.78 is 23.5. The van der Waals surface area contributed by atoms with E-state index in [0.29, 0.717) is 45.1 Å². The van der Waals surface area contributed by atoms with E-state index in [-0.39, 0.29) is 17.2 Å². The van der Waals surface area contributed by atoms with Crippen LogP contribution in [0.2, 0.25) is 0 Å². The highest BCUT2D eigenvalue weighted by Gasteiger charge is 2.22. The first-order chi connectivity index (χ1) is 18.4. The largest absolute Gasteiger partial charge is 0.497 e. The monoisotopic (exact) mass is 536 g/mol. The number of aromatic nitrogens is 3. The molecule has 0 bridgehead atoms. The van der Waals surface area contributed by atoms with Gasteiger partial charge in [-0.2, -0.15) is 0 Å². The summed E-state index contributed by atoms with van der Waals surface area (Å²) in [6.45, 7) is 0. The maximum Gasteiger partial charge on any atom is 0.269 e. The molecule has 196 valence electrons. The van der Waals surface area contributed by atoms with E-state index in [0.717, 1.165) is 5.69 Å². The molecule has 0 saturated heterocycles. The molecule has 38 heavy (non-hydrogen) atoms. The lowest BCUT2D eigenvalue weighted by Gasteiger charge is -2.15. The van der Waals surface area contributed by atoms with Crippen LogP contribution in [0.5, 0.6) is 23.0 Å². The van der Waals surface area contributed by atoms with Gasteiger partial charge < -0.3 is 18.9 Å². The van der Waals surface area contributed by atoms with Crippen molar-refractivity contribution in [2.75, 3.05) is 34.2 Å². The molecule has 0 amide bonds. The van der Waals surface area contributed by atoms with Gasteiger partial charge >= 0.3 is 0 Å². The van der Waals surface area contributed by atoms with E-state index in [2.05, 4.69) is 10.2 Å². The SMILES string of the molecule is COc1ccc(-n2c(SCC(=O)c3ccc([N+](=O)[O-])cc3)nnc2-c2cc(OC)c(OC)c(OC)c2)cc1. The Kier molecular flexibility index (Phi) is 8.12. The molecule has 12 heteroatoms. The van der Waals surface area contributed by atoms with E-state index < -0.39 is 4.92 Å². The molecule has 1 heterocycles. The van der Waals surface area contributed by atoms with Crippen LogP contribution in [-0.4, -0.2) is 59.7 Å². The number of hydrogen-bond donors (Lipinski definition) is 0. The number of carbonyl (C=O) groups is 1. The van der Waals surface area contributed by atoms with Gasteiger partial charge in [-0.25, -0.2) is 0 Å². The summed E-state index contributed by atoms with van der Waals surface area (Å²) in [5.41, 5.74) is 1.67. The van der Waals surface area contributed by atoms with Crippen molar-refractivity contribution < 1.29 is 28.7 Å². The Hall–Kier alpha value is -4.58. The molecule has 4 rings (SSSR count). The third-order valence-corrected chi connectivity index (χ3v) is 6.55. The third-order valence-electron chi connectivity index (χ3n) is 5.62. The molecule has 11 nitrogen and oxygen atoms in total. The second-order valence-electron chi connectivity index (χ2n) is 7.77. The second kappa shape index (κ2) is 11.6. The van der Waals surface area contributed by atoms with Crippen LogP contribution in [-0.2, 0) is 0 Å². The first-order valence-corrected chi connectivity index (χ1v) is 12.2. The average molecular weight is 537 g/mol. The molecule has 4 aromatic rings. The second-order valence-corrected chi connectivity index (χ2v) is 8.71. The smallest absolute Gasteiger partial charge is 0.269 e. The van der Waals surface area contributed by atoms with Gasteiger partial charge in [0.15, 0.2) is 28.3 Å². The first-order valence-electron chi connectivity index (χ1n) is 11.2. The number of benzene rings is 3. The van der Waals surface area contributed by atoms with Crippen LogP contribution in [0.3, 0.4) is 0 Å². The number of thioether (sulfide) groups is 1. The number of carbonyl (C=O) groups excluding carboxylic acids is 1. The molecular formula is C26H24N4O7S. The fourth-order valence-corrected chi connectivity index (χ4v) is 4.55. The lowest BCUT2D eigenvalue weighted by atomic mass is 10.1. The summed E-state index contributed by atoms with van der Waals surface area (Å²) in [6.07, 6.45) is 0. The van der Waals surface area contributed by atoms with Crippen LogP contribution in [0.1, 0.15) is 10.4 Å². The standard InChI is InChI=1S/C26H24N4O7S/c1-34-20-11-9-18(10-12-20)29-25(17-13-22(35-2)24(37-4)23(14-17)36-3)27-28-26(29)38-15-21(31)16-5-7-19(8-6-16)30(32)33/h5-14H,15H2,1-4H3. The maximum atomic E-state index is 12.8. The number of nitro benzene ring substituents is 1. The van der Waals surface area contributed by atoms with Crippen LogP contribution in [0, 0.1) is 10.1 Å². The molecule has 0 aliphatic rings. The molecule has 1 aromatic heterocycles. The van der Waals surface area contributed by atoms with E-state index in [1.165, 1.54) is 57.4 Å². The van der Waals surface area contributed by atoms with Gasteiger partial charge in [0.2, 0.25) is 5.75 Å². The number of hydrogen-bond acceptors (Lipinski definition) is 10. The summed E-state index contributed by atoms with van der Waals surface area (Å²) in [7, 11) is 6.16. The van der Waals surface area contributed by atoms with Gasteiger partial charge in [-0.15, -0.1) is 10.2 Å². The molecule has 0 fully saturated rings. The number of methoxy groups -OCH3 is 4. The van der Waals surface area contributed by atoms with Gasteiger partial charge in [0.25, 0.3) is 5.69 Å². The van der Waals surface area contributed by atoms with Crippen molar-refractivity contribution in [1.82, 2.24) is 14.8 Å². The molecule has 0 saturated carbocycles. The normalized spacial score (nSPS) is 10.6. The molecule has 0 N–H and O–H groups in total. The zero-order chi connectivity index (χ0) is 27.2. The lowest BCUT2D eigenvalue weighted by molar-refractivity contribution is -0.384. The molecule has 0 unspecified atom stereocenters. The van der Waals surface area contributed by atoms with Gasteiger partial charge in [-0.3, -0.25) is 19.5 Å². The zero-order valence-corrected chi connectivity index (χ0v) is 21.9. The van der Waals surface area contributed by atoms with Gasteiger partial charge in [-0.1, -0.05) is 11.8 Å². The summed E-state index contributed by atoms with van der Waals surface area (Å²) in [5, 5.41) is 20.2. The van der Waals surface area contributed by atoms with Crippen LogP contribution in [0.25, 0.3) is 17.1 Å². The Morgan fingerprint density at radius 3 is 2.05 bits per heavy atom. The average Bonchev–Trinajstić information content (AvgIpc) is 3.39. The van der Waals surface area contributed by atoms with Crippen molar-refractivity contribution in [3.63, 3.8) is 0 Å². The van der Waals surface area contributed by atoms with Crippen molar-refractivity contribution >= 4 is 23.2 Å². The highest BCUT2D eigenvalue weighted by Crippen LogP contribution is 2.41. The van der Waals surface area contributed by atoms with Crippen LogP contribution in [0.4, 0.5) is 5.69 Å². The Morgan fingerprint density at radius 1 is 0.895 bits per heavy atom. The van der Waals surface area contributed by atoms with Crippen molar-refractivity contribution in [3.05, 3.63) is 76.3 Å². The predicted molar refractivity (Wildman–Crippen MR) is 141 cm³/mol. The lowest BCUT2D eigenvalue weighted by Crippen LogP contribution is -2.05. The van der Waals surface area contributed by atoms with Crippen molar-refractivity contribution in [1.29, 1.82) is 0 Å². The van der Waals surface area contributed by atoms with Gasteiger partial charge in [-0.05, 0) is 48.5 Å². The topological polar surface area (TPSA) is 128 Å². The van der Waals surface area contributed by atoms with Crippen LogP contribution in [0.15, 0.2) is 65.8 Å². The number of rotatable bonds is 11. The molecular weight excluding hydrogens is 512 g/mol. The van der Waals surface area contributed by atoms with Crippen LogP contribution < -0.4 is 18.9 Å². The molecule has 0 spiro atoms. The fraction of sp³-hybridized carbons (Fsp3) is 0.192. The van der Waals surface area contributed by atoms with Gasteiger partial charge in [0.05, 0.1) is 39.1 Å². The van der Waals surface area contributed by atoms with E-state index in [9.17, 15) is 14.9 Å². The Bertz CT molecular complexity index is 1430. The first kappa shape index (κ1) is 26.5. The zero-order valence-electron chi connectivity index (χ0n) is 21.0. The highest BCUT2D eigenvalue weighted by molar-refractivity contribution is 7.99. The molecule has 0 aliphatic carbocycles. The summed E-state index contributed by atoms with van der Waals surface area (Å²) in [6, 6.07) is 16.4. The Morgan fingerprint density at radius 2 is 1.53 bits per heavy atom. The van der Waals surface area contributed by atoms with Crippen molar-refractivity contribution in [2.45, 2.75) is 5.16 Å². The minimum atomic E-state index is -0.509.